The molecular formula is C29H31ClN4O4S. The van der Waals surface area contributed by atoms with Crippen LogP contribution in [-0.4, -0.2) is 62.1 Å². The fraction of sp³-hybridized carbons (Fsp3) is 0.241. The molecule has 2 N–H and O–H groups in total. The number of amides is 1. The number of hydrogen-bond acceptors (Lipinski definition) is 6. The Labute approximate surface area is 234 Å². The lowest BCUT2D eigenvalue weighted by Gasteiger charge is -2.35. The third-order valence-corrected chi connectivity index (χ3v) is 8.44. The van der Waals surface area contributed by atoms with Crippen molar-refractivity contribution in [3.8, 4) is 5.75 Å². The number of rotatable bonds is 8. The van der Waals surface area contributed by atoms with Crippen molar-refractivity contribution in [2.24, 2.45) is 4.99 Å². The number of sulfonamides is 1. The van der Waals surface area contributed by atoms with E-state index in [-0.39, 0.29) is 22.2 Å². The van der Waals surface area contributed by atoms with E-state index in [4.69, 9.17) is 11.6 Å². The molecular weight excluding hydrogens is 536 g/mol. The molecule has 1 fully saturated rings. The quantitative estimate of drug-likeness (QED) is 0.352. The molecule has 0 aromatic heterocycles. The smallest absolute Gasteiger partial charge is 0.264 e. The molecule has 0 atom stereocenters. The number of allylic oxidation sites excluding steroid dienone is 1. The SMILES string of the molecule is C=Nc1c(/C=C\C)cccc1S(=O)(=O)Nc1ccc(C(=O)N2CCN(Cc3cc(Cl)c(C)cc3O)CC2)cc1. The topological polar surface area (TPSA) is 102 Å². The van der Waals surface area contributed by atoms with E-state index in [2.05, 4.69) is 21.3 Å². The van der Waals surface area contributed by atoms with Crippen LogP contribution in [0, 0.1) is 6.92 Å². The summed E-state index contributed by atoms with van der Waals surface area (Å²) in [6.45, 7) is 10.1. The van der Waals surface area contributed by atoms with Crippen LogP contribution in [0.15, 0.2) is 70.6 Å². The minimum Gasteiger partial charge on any atom is -0.508 e. The fourth-order valence-electron chi connectivity index (χ4n) is 4.50. The highest BCUT2D eigenvalue weighted by atomic mass is 35.5. The van der Waals surface area contributed by atoms with Crippen LogP contribution in [0.5, 0.6) is 5.75 Å². The van der Waals surface area contributed by atoms with Gasteiger partial charge in [0.2, 0.25) is 0 Å². The summed E-state index contributed by atoms with van der Waals surface area (Å²) >= 11 is 6.22. The van der Waals surface area contributed by atoms with Gasteiger partial charge in [0.25, 0.3) is 15.9 Å². The molecule has 1 heterocycles. The Balaban J connectivity index is 1.39. The second-order valence-corrected chi connectivity index (χ2v) is 11.4. The first-order valence-electron chi connectivity index (χ1n) is 12.5. The molecule has 1 aliphatic heterocycles. The average molecular weight is 567 g/mol. The predicted molar refractivity (Wildman–Crippen MR) is 157 cm³/mol. The van der Waals surface area contributed by atoms with Gasteiger partial charge in [0, 0.05) is 60.1 Å². The van der Waals surface area contributed by atoms with E-state index in [1.54, 1.807) is 65.6 Å². The lowest BCUT2D eigenvalue weighted by atomic mass is 10.1. The Bertz CT molecular complexity index is 1510. The summed E-state index contributed by atoms with van der Waals surface area (Å²) in [4.78, 5) is 21.0. The van der Waals surface area contributed by atoms with Crippen LogP contribution in [0.1, 0.15) is 34.0 Å². The van der Waals surface area contributed by atoms with E-state index >= 15 is 0 Å². The number of hydrogen-bond donors (Lipinski definition) is 2. The van der Waals surface area contributed by atoms with Crippen LogP contribution in [0.3, 0.4) is 0 Å². The normalized spacial score (nSPS) is 14.5. The van der Waals surface area contributed by atoms with Gasteiger partial charge in [0.1, 0.15) is 10.6 Å². The number of aryl methyl sites for hydroxylation is 1. The molecule has 1 saturated heterocycles. The Morgan fingerprint density at radius 1 is 1.13 bits per heavy atom. The van der Waals surface area contributed by atoms with Crippen molar-refractivity contribution >= 4 is 51.7 Å². The van der Waals surface area contributed by atoms with Crippen molar-refractivity contribution in [2.75, 3.05) is 30.9 Å². The van der Waals surface area contributed by atoms with Crippen molar-refractivity contribution in [1.29, 1.82) is 0 Å². The van der Waals surface area contributed by atoms with E-state index in [1.165, 1.54) is 6.07 Å². The third kappa shape index (κ3) is 6.50. The maximum atomic E-state index is 13.1. The van der Waals surface area contributed by atoms with Crippen molar-refractivity contribution < 1.29 is 18.3 Å². The molecule has 10 heteroatoms. The first kappa shape index (κ1) is 28.4. The van der Waals surface area contributed by atoms with Crippen molar-refractivity contribution in [1.82, 2.24) is 9.80 Å². The molecule has 0 aliphatic carbocycles. The zero-order valence-electron chi connectivity index (χ0n) is 21.9. The molecule has 1 aliphatic rings. The second kappa shape index (κ2) is 12.0. The number of phenols is 1. The van der Waals surface area contributed by atoms with E-state index < -0.39 is 10.0 Å². The number of aromatic hydroxyl groups is 1. The van der Waals surface area contributed by atoms with Crippen molar-refractivity contribution in [2.45, 2.75) is 25.3 Å². The lowest BCUT2D eigenvalue weighted by molar-refractivity contribution is 0.0627. The highest BCUT2D eigenvalue weighted by molar-refractivity contribution is 7.92. The molecule has 0 saturated carbocycles. The molecule has 204 valence electrons. The van der Waals surface area contributed by atoms with Crippen LogP contribution in [0.25, 0.3) is 6.08 Å². The fourth-order valence-corrected chi connectivity index (χ4v) is 5.93. The molecule has 39 heavy (non-hydrogen) atoms. The number of carbonyl (C=O) groups excluding carboxylic acids is 1. The Morgan fingerprint density at radius 3 is 2.46 bits per heavy atom. The van der Waals surface area contributed by atoms with Gasteiger partial charge in [-0.1, -0.05) is 35.9 Å². The summed E-state index contributed by atoms with van der Waals surface area (Å²) in [7, 11) is -3.94. The van der Waals surface area contributed by atoms with Gasteiger partial charge in [0.05, 0.1) is 5.69 Å². The highest BCUT2D eigenvalue weighted by Gasteiger charge is 2.24. The molecule has 0 bridgehead atoms. The molecule has 0 unspecified atom stereocenters. The summed E-state index contributed by atoms with van der Waals surface area (Å²) in [5.41, 5.74) is 3.31. The minimum atomic E-state index is -3.94. The summed E-state index contributed by atoms with van der Waals surface area (Å²) in [6, 6.07) is 14.7. The Morgan fingerprint density at radius 2 is 1.82 bits per heavy atom. The van der Waals surface area contributed by atoms with Gasteiger partial charge in [-0.25, -0.2) is 8.42 Å². The van der Waals surface area contributed by atoms with E-state index in [0.29, 0.717) is 54.6 Å². The number of carbonyl (C=O) groups is 1. The van der Waals surface area contributed by atoms with Crippen molar-refractivity contribution in [3.05, 3.63) is 87.9 Å². The molecule has 0 radical (unpaired) electrons. The number of anilines is 1. The summed E-state index contributed by atoms with van der Waals surface area (Å²) in [5.74, 6) is 0.0936. The van der Waals surface area contributed by atoms with Crippen LogP contribution >= 0.6 is 11.6 Å². The molecule has 3 aromatic rings. The number of piperazine rings is 1. The number of benzene rings is 3. The summed E-state index contributed by atoms with van der Waals surface area (Å²) < 4.78 is 28.8. The van der Waals surface area contributed by atoms with Gasteiger partial charge >= 0.3 is 0 Å². The van der Waals surface area contributed by atoms with E-state index in [9.17, 15) is 18.3 Å². The van der Waals surface area contributed by atoms with Gasteiger partial charge in [0.15, 0.2) is 0 Å². The first-order valence-corrected chi connectivity index (χ1v) is 14.3. The standard InChI is InChI=1S/C29H31ClN4O4S/c1-4-6-21-7-5-8-27(28(21)31-3)39(37,38)32-24-11-9-22(10-12-24)29(36)34-15-13-33(14-16-34)19-23-18-25(30)20(2)17-26(23)35/h4-12,17-18,32,35H,3,13-16,19H2,1-2H3/b6-4-. The van der Waals surface area contributed by atoms with E-state index in [1.807, 2.05) is 13.8 Å². The maximum Gasteiger partial charge on any atom is 0.264 e. The zero-order valence-corrected chi connectivity index (χ0v) is 23.5. The van der Waals surface area contributed by atoms with Gasteiger partial charge in [-0.15, -0.1) is 0 Å². The van der Waals surface area contributed by atoms with Gasteiger partial charge in [-0.05, 0) is 68.6 Å². The number of nitrogens with one attached hydrogen (secondary N) is 1. The summed E-state index contributed by atoms with van der Waals surface area (Å²) in [6.07, 6.45) is 3.57. The largest absolute Gasteiger partial charge is 0.508 e. The molecule has 8 nitrogen and oxygen atoms in total. The Hall–Kier alpha value is -3.66. The van der Waals surface area contributed by atoms with Gasteiger partial charge in [-0.2, -0.15) is 0 Å². The highest BCUT2D eigenvalue weighted by Crippen LogP contribution is 2.31. The van der Waals surface area contributed by atoms with E-state index in [0.717, 1.165) is 11.1 Å². The minimum absolute atomic E-state index is 0.0207. The maximum absolute atomic E-state index is 13.1. The average Bonchev–Trinajstić information content (AvgIpc) is 2.92. The summed E-state index contributed by atoms with van der Waals surface area (Å²) in [5, 5.41) is 10.9. The van der Waals surface area contributed by atoms with Crippen LogP contribution in [0.4, 0.5) is 11.4 Å². The van der Waals surface area contributed by atoms with Crippen molar-refractivity contribution in [3.63, 3.8) is 0 Å². The number of para-hydroxylation sites is 1. The Kier molecular flexibility index (Phi) is 8.74. The predicted octanol–water partition coefficient (Wildman–Crippen LogP) is 5.48. The second-order valence-electron chi connectivity index (χ2n) is 9.33. The monoisotopic (exact) mass is 566 g/mol. The third-order valence-electron chi connectivity index (χ3n) is 6.62. The molecule has 1 amide bonds. The molecule has 3 aromatic carbocycles. The zero-order chi connectivity index (χ0) is 28.2. The number of halogens is 1. The number of nitrogens with zero attached hydrogens (tertiary/aromatic N) is 3. The van der Waals surface area contributed by atoms with Gasteiger partial charge < -0.3 is 10.0 Å². The lowest BCUT2D eigenvalue weighted by Crippen LogP contribution is -2.48. The number of phenolic OH excluding ortho intramolecular Hbond substituents is 1. The molecule has 0 spiro atoms. The van der Waals surface area contributed by atoms with Crippen LogP contribution in [-0.2, 0) is 16.6 Å². The first-order chi connectivity index (χ1) is 18.6. The number of aliphatic imine (C=N–C) groups is 1. The van der Waals surface area contributed by atoms with Gasteiger partial charge in [-0.3, -0.25) is 19.4 Å². The van der Waals surface area contributed by atoms with Crippen LogP contribution in [0.2, 0.25) is 5.02 Å². The molecule has 4 rings (SSSR count). The van der Waals surface area contributed by atoms with Crippen LogP contribution < -0.4 is 4.72 Å².